The molecule has 2 aliphatic heterocycles. The molecule has 0 aliphatic carbocycles. The number of carbonyl (C=O) groups excluding carboxylic acids is 2. The van der Waals surface area contributed by atoms with Gasteiger partial charge in [-0.2, -0.15) is 0 Å². The number of likely N-dealkylation sites (tertiary alicyclic amines) is 1. The third-order valence-corrected chi connectivity index (χ3v) is 6.34. The van der Waals surface area contributed by atoms with Crippen LogP contribution < -0.4 is 14.2 Å². The first kappa shape index (κ1) is 21.9. The number of Topliss-reactive ketones (excluding diaryl/α,β-unsaturated/α-hetero) is 1. The molecule has 1 fully saturated rings. The highest BCUT2D eigenvalue weighted by molar-refractivity contribution is 6.02. The molecule has 1 saturated heterocycles. The van der Waals surface area contributed by atoms with Gasteiger partial charge in [-0.15, -0.1) is 0 Å². The van der Waals surface area contributed by atoms with E-state index in [1.165, 1.54) is 0 Å². The molecule has 6 nitrogen and oxygen atoms in total. The Kier molecular flexibility index (Phi) is 5.96. The molecule has 4 rings (SSSR count). The van der Waals surface area contributed by atoms with Crippen LogP contribution in [0.25, 0.3) is 6.08 Å². The highest BCUT2D eigenvalue weighted by Crippen LogP contribution is 2.41. The fourth-order valence-corrected chi connectivity index (χ4v) is 4.66. The first-order valence-electron chi connectivity index (χ1n) is 10.9. The predicted molar refractivity (Wildman–Crippen MR) is 123 cm³/mol. The van der Waals surface area contributed by atoms with E-state index in [-0.39, 0.29) is 11.7 Å². The normalized spacial score (nSPS) is 17.2. The Hall–Kier alpha value is -3.28. The standard InChI is InChI=1S/C26H29NO5/c1-17-13-18(2)25-20(28)16-26(32-23(25)14-17)9-11-27(12-10-26)24(29)8-6-19-5-7-21(30-3)22(15-19)31-4/h5-8,13-15H,9-12,16H2,1-4H3/b8-6+. The number of amides is 1. The van der Waals surface area contributed by atoms with Crippen molar-refractivity contribution in [2.75, 3.05) is 27.3 Å². The van der Waals surface area contributed by atoms with E-state index in [9.17, 15) is 9.59 Å². The number of ether oxygens (including phenoxy) is 3. The van der Waals surface area contributed by atoms with Crippen molar-refractivity contribution >= 4 is 17.8 Å². The average molecular weight is 436 g/mol. The van der Waals surface area contributed by atoms with Gasteiger partial charge in [0.05, 0.1) is 26.2 Å². The van der Waals surface area contributed by atoms with Gasteiger partial charge in [-0.05, 0) is 54.8 Å². The van der Waals surface area contributed by atoms with Gasteiger partial charge in [0.15, 0.2) is 17.3 Å². The minimum absolute atomic E-state index is 0.0520. The van der Waals surface area contributed by atoms with E-state index in [1.54, 1.807) is 26.4 Å². The predicted octanol–water partition coefficient (Wildman–Crippen LogP) is 4.36. The van der Waals surface area contributed by atoms with Crippen molar-refractivity contribution in [2.24, 2.45) is 0 Å². The van der Waals surface area contributed by atoms with Gasteiger partial charge in [0.2, 0.25) is 5.91 Å². The van der Waals surface area contributed by atoms with Gasteiger partial charge in [-0.25, -0.2) is 0 Å². The van der Waals surface area contributed by atoms with Crippen molar-refractivity contribution in [1.82, 2.24) is 4.90 Å². The van der Waals surface area contributed by atoms with Gasteiger partial charge in [0.25, 0.3) is 0 Å². The number of hydrogen-bond acceptors (Lipinski definition) is 5. The van der Waals surface area contributed by atoms with Gasteiger partial charge >= 0.3 is 0 Å². The van der Waals surface area contributed by atoms with E-state index in [0.29, 0.717) is 55.2 Å². The fraction of sp³-hybridized carbons (Fsp3) is 0.385. The quantitative estimate of drug-likeness (QED) is 0.668. The number of methoxy groups -OCH3 is 2. The van der Waals surface area contributed by atoms with Crippen molar-refractivity contribution in [3.05, 3.63) is 58.7 Å². The topological polar surface area (TPSA) is 65.1 Å². The monoisotopic (exact) mass is 435 g/mol. The number of fused-ring (bicyclic) bond motifs is 1. The maximum atomic E-state index is 12.9. The second-order valence-electron chi connectivity index (χ2n) is 8.61. The zero-order valence-corrected chi connectivity index (χ0v) is 19.1. The molecular formula is C26H29NO5. The summed E-state index contributed by atoms with van der Waals surface area (Å²) in [5.74, 6) is 2.03. The molecule has 1 spiro atoms. The summed E-state index contributed by atoms with van der Waals surface area (Å²) in [5.41, 5.74) is 3.09. The zero-order chi connectivity index (χ0) is 22.9. The number of rotatable bonds is 4. The summed E-state index contributed by atoms with van der Waals surface area (Å²) < 4.78 is 17.0. The number of hydrogen-bond donors (Lipinski definition) is 0. The summed E-state index contributed by atoms with van der Waals surface area (Å²) in [7, 11) is 3.17. The Morgan fingerprint density at radius 3 is 2.47 bits per heavy atom. The lowest BCUT2D eigenvalue weighted by atomic mass is 9.81. The maximum absolute atomic E-state index is 12.9. The average Bonchev–Trinajstić information content (AvgIpc) is 2.76. The van der Waals surface area contributed by atoms with Crippen LogP contribution in [0.4, 0.5) is 0 Å². The largest absolute Gasteiger partial charge is 0.493 e. The molecule has 0 unspecified atom stereocenters. The van der Waals surface area contributed by atoms with E-state index in [2.05, 4.69) is 0 Å². The van der Waals surface area contributed by atoms with Crippen LogP contribution in [0.5, 0.6) is 17.2 Å². The van der Waals surface area contributed by atoms with Crippen LogP contribution in [0, 0.1) is 13.8 Å². The molecule has 2 heterocycles. The summed E-state index contributed by atoms with van der Waals surface area (Å²) >= 11 is 0. The summed E-state index contributed by atoms with van der Waals surface area (Å²) in [6.45, 7) is 5.08. The van der Waals surface area contributed by atoms with Crippen LogP contribution in [0.15, 0.2) is 36.4 Å². The van der Waals surface area contributed by atoms with E-state index in [4.69, 9.17) is 14.2 Å². The first-order valence-corrected chi connectivity index (χ1v) is 10.9. The minimum atomic E-state index is -0.520. The third-order valence-electron chi connectivity index (χ3n) is 6.34. The van der Waals surface area contributed by atoms with E-state index in [0.717, 1.165) is 16.7 Å². The maximum Gasteiger partial charge on any atom is 0.246 e. The molecule has 0 atom stereocenters. The van der Waals surface area contributed by atoms with Crippen LogP contribution in [0.1, 0.15) is 46.3 Å². The second-order valence-corrected chi connectivity index (χ2v) is 8.61. The molecule has 2 aromatic carbocycles. The third kappa shape index (κ3) is 4.22. The summed E-state index contributed by atoms with van der Waals surface area (Å²) in [4.78, 5) is 27.4. The molecule has 32 heavy (non-hydrogen) atoms. The lowest BCUT2D eigenvalue weighted by Gasteiger charge is -2.44. The fourth-order valence-electron chi connectivity index (χ4n) is 4.66. The highest BCUT2D eigenvalue weighted by atomic mass is 16.5. The smallest absolute Gasteiger partial charge is 0.246 e. The number of ketones is 1. The number of aryl methyl sites for hydroxylation is 2. The SMILES string of the molecule is COc1ccc(/C=C/C(=O)N2CCC3(CC2)CC(=O)c2c(C)cc(C)cc2O3)cc1OC. The Balaban J connectivity index is 1.42. The number of benzene rings is 2. The molecule has 0 radical (unpaired) electrons. The molecule has 2 aliphatic rings. The van der Waals surface area contributed by atoms with Crippen molar-refractivity contribution in [3.63, 3.8) is 0 Å². The number of carbonyl (C=O) groups is 2. The summed E-state index contributed by atoms with van der Waals surface area (Å²) in [5, 5.41) is 0. The van der Waals surface area contributed by atoms with Gasteiger partial charge in [0, 0.05) is 32.0 Å². The van der Waals surface area contributed by atoms with Crippen LogP contribution >= 0.6 is 0 Å². The molecule has 6 heteroatoms. The van der Waals surface area contributed by atoms with Crippen molar-refractivity contribution < 1.29 is 23.8 Å². The van der Waals surface area contributed by atoms with Crippen LogP contribution in [-0.4, -0.2) is 49.5 Å². The number of nitrogens with zero attached hydrogens (tertiary/aromatic N) is 1. The zero-order valence-electron chi connectivity index (χ0n) is 19.1. The molecule has 2 aromatic rings. The van der Waals surface area contributed by atoms with E-state index < -0.39 is 5.60 Å². The summed E-state index contributed by atoms with van der Waals surface area (Å²) in [6, 6.07) is 9.48. The van der Waals surface area contributed by atoms with Crippen LogP contribution in [0.2, 0.25) is 0 Å². The van der Waals surface area contributed by atoms with Gasteiger partial charge < -0.3 is 19.1 Å². The molecule has 168 valence electrons. The Morgan fingerprint density at radius 1 is 1.06 bits per heavy atom. The summed E-state index contributed by atoms with van der Waals surface area (Å²) in [6.07, 6.45) is 5.00. The molecule has 0 bridgehead atoms. The van der Waals surface area contributed by atoms with Crippen molar-refractivity contribution in [1.29, 1.82) is 0 Å². The van der Waals surface area contributed by atoms with Crippen LogP contribution in [-0.2, 0) is 4.79 Å². The number of piperidine rings is 1. The molecule has 0 saturated carbocycles. The van der Waals surface area contributed by atoms with Crippen LogP contribution in [0.3, 0.4) is 0 Å². The van der Waals surface area contributed by atoms with E-state index >= 15 is 0 Å². The lowest BCUT2D eigenvalue weighted by molar-refractivity contribution is -0.129. The van der Waals surface area contributed by atoms with Gasteiger partial charge in [0.1, 0.15) is 11.4 Å². The molecule has 1 amide bonds. The Labute approximate surface area is 188 Å². The first-order chi connectivity index (χ1) is 15.3. The van der Waals surface area contributed by atoms with Gasteiger partial charge in [-0.3, -0.25) is 9.59 Å². The molecule has 0 aromatic heterocycles. The highest BCUT2D eigenvalue weighted by Gasteiger charge is 2.44. The van der Waals surface area contributed by atoms with E-state index in [1.807, 2.05) is 49.1 Å². The molecular weight excluding hydrogens is 406 g/mol. The lowest BCUT2D eigenvalue weighted by Crippen LogP contribution is -2.52. The Morgan fingerprint density at radius 2 is 1.78 bits per heavy atom. The minimum Gasteiger partial charge on any atom is -0.493 e. The molecule has 0 N–H and O–H groups in total. The van der Waals surface area contributed by atoms with Crippen molar-refractivity contribution in [2.45, 2.75) is 38.7 Å². The Bertz CT molecular complexity index is 1080. The second kappa shape index (κ2) is 8.69. The van der Waals surface area contributed by atoms with Gasteiger partial charge in [-0.1, -0.05) is 12.1 Å². The van der Waals surface area contributed by atoms with Crippen molar-refractivity contribution in [3.8, 4) is 17.2 Å².